The highest BCUT2D eigenvalue weighted by Crippen LogP contribution is 2.58. The van der Waals surface area contributed by atoms with Gasteiger partial charge >= 0.3 is 5.97 Å². The first kappa shape index (κ1) is 13.0. The maximum absolute atomic E-state index is 11.8. The number of carboxylic acids is 1. The average molecular weight is 227 g/mol. The molecule has 92 valence electrons. The number of aliphatic carboxylic acids is 1. The summed E-state index contributed by atoms with van der Waals surface area (Å²) in [6, 6.07) is 0. The minimum Gasteiger partial charge on any atom is -0.481 e. The van der Waals surface area contributed by atoms with Gasteiger partial charge in [0.2, 0.25) is 5.91 Å². The van der Waals surface area contributed by atoms with E-state index in [1.165, 1.54) is 0 Å². The van der Waals surface area contributed by atoms with Crippen molar-refractivity contribution in [2.45, 2.75) is 34.6 Å². The average Bonchev–Trinajstić information content (AvgIpc) is 2.63. The van der Waals surface area contributed by atoms with Crippen LogP contribution < -0.4 is 5.32 Å². The summed E-state index contributed by atoms with van der Waals surface area (Å²) in [4.78, 5) is 22.7. The van der Waals surface area contributed by atoms with Gasteiger partial charge in [-0.3, -0.25) is 9.59 Å². The van der Waals surface area contributed by atoms with E-state index in [2.05, 4.69) is 5.32 Å². The van der Waals surface area contributed by atoms with Crippen LogP contribution in [0.2, 0.25) is 0 Å². The lowest BCUT2D eigenvalue weighted by molar-refractivity contribution is -0.140. The smallest absolute Gasteiger partial charge is 0.307 e. The molecule has 0 aromatic heterocycles. The molecule has 0 unspecified atom stereocenters. The first-order valence-electron chi connectivity index (χ1n) is 5.58. The molecule has 0 spiro atoms. The second kappa shape index (κ2) is 3.75. The SMILES string of the molecule is CC(C)(C)CNC(=O)[C@H]1[C@@H](C(=O)O)C1(C)C. The minimum atomic E-state index is -0.874. The summed E-state index contributed by atoms with van der Waals surface area (Å²) in [6.45, 7) is 10.3. The van der Waals surface area contributed by atoms with Crippen LogP contribution in [-0.4, -0.2) is 23.5 Å². The Balaban J connectivity index is 2.55. The molecule has 0 radical (unpaired) electrons. The molecule has 0 saturated heterocycles. The topological polar surface area (TPSA) is 66.4 Å². The zero-order valence-electron chi connectivity index (χ0n) is 10.6. The molecular weight excluding hydrogens is 206 g/mol. The van der Waals surface area contributed by atoms with Crippen LogP contribution in [0.15, 0.2) is 0 Å². The molecule has 1 fully saturated rings. The second-order valence-electron chi connectivity index (χ2n) is 6.39. The zero-order chi connectivity index (χ0) is 12.7. The molecule has 1 saturated carbocycles. The molecule has 16 heavy (non-hydrogen) atoms. The molecule has 1 amide bonds. The third-order valence-corrected chi connectivity index (χ3v) is 3.17. The Labute approximate surface area is 96.4 Å². The van der Waals surface area contributed by atoms with Crippen molar-refractivity contribution in [2.24, 2.45) is 22.7 Å². The van der Waals surface area contributed by atoms with Gasteiger partial charge in [0, 0.05) is 6.54 Å². The van der Waals surface area contributed by atoms with E-state index in [4.69, 9.17) is 5.11 Å². The molecule has 0 heterocycles. The van der Waals surface area contributed by atoms with Crippen LogP contribution in [0.25, 0.3) is 0 Å². The predicted molar refractivity (Wildman–Crippen MR) is 60.9 cm³/mol. The second-order valence-corrected chi connectivity index (χ2v) is 6.39. The van der Waals surface area contributed by atoms with Crippen molar-refractivity contribution in [3.63, 3.8) is 0 Å². The van der Waals surface area contributed by atoms with Crippen LogP contribution in [0, 0.1) is 22.7 Å². The number of carbonyl (C=O) groups is 2. The fourth-order valence-corrected chi connectivity index (χ4v) is 2.05. The van der Waals surface area contributed by atoms with Gasteiger partial charge in [-0.1, -0.05) is 34.6 Å². The third kappa shape index (κ3) is 2.54. The van der Waals surface area contributed by atoms with Crippen molar-refractivity contribution < 1.29 is 14.7 Å². The standard InChI is InChI=1S/C12H21NO3/c1-11(2,3)6-13-9(14)7-8(10(15)16)12(7,4)5/h7-8H,6H2,1-5H3,(H,13,14)(H,15,16)/t7-,8+/m1/s1. The molecule has 4 heteroatoms. The van der Waals surface area contributed by atoms with Crippen molar-refractivity contribution in [1.29, 1.82) is 0 Å². The van der Waals surface area contributed by atoms with Crippen LogP contribution in [0.1, 0.15) is 34.6 Å². The Morgan fingerprint density at radius 2 is 1.75 bits per heavy atom. The van der Waals surface area contributed by atoms with E-state index in [9.17, 15) is 9.59 Å². The van der Waals surface area contributed by atoms with E-state index >= 15 is 0 Å². The molecule has 0 aromatic rings. The van der Waals surface area contributed by atoms with E-state index in [1.807, 2.05) is 34.6 Å². The highest BCUT2D eigenvalue weighted by molar-refractivity contribution is 5.91. The van der Waals surface area contributed by atoms with Gasteiger partial charge in [-0.15, -0.1) is 0 Å². The summed E-state index contributed by atoms with van der Waals surface area (Å²) in [6.07, 6.45) is 0. The van der Waals surface area contributed by atoms with Crippen molar-refractivity contribution in [1.82, 2.24) is 5.32 Å². The largest absolute Gasteiger partial charge is 0.481 e. The molecular formula is C12H21NO3. The van der Waals surface area contributed by atoms with Crippen molar-refractivity contribution >= 4 is 11.9 Å². The normalized spacial score (nSPS) is 27.3. The third-order valence-electron chi connectivity index (χ3n) is 3.17. The van der Waals surface area contributed by atoms with Gasteiger partial charge in [0.1, 0.15) is 0 Å². The summed E-state index contributed by atoms with van der Waals surface area (Å²) < 4.78 is 0. The van der Waals surface area contributed by atoms with E-state index < -0.39 is 17.3 Å². The number of nitrogens with one attached hydrogen (secondary N) is 1. The first-order valence-corrected chi connectivity index (χ1v) is 5.58. The van der Waals surface area contributed by atoms with Gasteiger partial charge < -0.3 is 10.4 Å². The van der Waals surface area contributed by atoms with Gasteiger partial charge in [-0.25, -0.2) is 0 Å². The Morgan fingerprint density at radius 1 is 1.25 bits per heavy atom. The van der Waals surface area contributed by atoms with Crippen molar-refractivity contribution in [3.8, 4) is 0 Å². The molecule has 1 aliphatic carbocycles. The monoisotopic (exact) mass is 227 g/mol. The highest BCUT2D eigenvalue weighted by atomic mass is 16.4. The van der Waals surface area contributed by atoms with Crippen LogP contribution >= 0.6 is 0 Å². The summed E-state index contributed by atoms with van der Waals surface area (Å²) >= 11 is 0. The summed E-state index contributed by atoms with van der Waals surface area (Å²) in [5.74, 6) is -1.92. The van der Waals surface area contributed by atoms with Gasteiger partial charge in [0.15, 0.2) is 0 Å². The van der Waals surface area contributed by atoms with Gasteiger partial charge in [0.25, 0.3) is 0 Å². The number of rotatable bonds is 3. The molecule has 0 aromatic carbocycles. The lowest BCUT2D eigenvalue weighted by Crippen LogP contribution is -2.34. The quantitative estimate of drug-likeness (QED) is 0.768. The molecule has 0 bridgehead atoms. The lowest BCUT2D eigenvalue weighted by atomic mass is 9.97. The van der Waals surface area contributed by atoms with Crippen LogP contribution in [0.4, 0.5) is 0 Å². The Bertz CT molecular complexity index is 315. The molecule has 4 nitrogen and oxygen atoms in total. The Kier molecular flexibility index (Phi) is 3.05. The molecule has 2 atom stereocenters. The molecule has 1 aliphatic rings. The number of hydrogen-bond donors (Lipinski definition) is 2. The molecule has 2 N–H and O–H groups in total. The first-order chi connectivity index (χ1) is 7.07. The van der Waals surface area contributed by atoms with Crippen LogP contribution in [-0.2, 0) is 9.59 Å². The zero-order valence-corrected chi connectivity index (χ0v) is 10.6. The maximum atomic E-state index is 11.8. The Hall–Kier alpha value is -1.06. The fraction of sp³-hybridized carbons (Fsp3) is 0.833. The van der Waals surface area contributed by atoms with Gasteiger partial charge in [-0.2, -0.15) is 0 Å². The molecule has 1 rings (SSSR count). The summed E-state index contributed by atoms with van der Waals surface area (Å²) in [5.41, 5.74) is -0.388. The maximum Gasteiger partial charge on any atom is 0.307 e. The van der Waals surface area contributed by atoms with Crippen LogP contribution in [0.5, 0.6) is 0 Å². The van der Waals surface area contributed by atoms with Gasteiger partial charge in [-0.05, 0) is 10.8 Å². The predicted octanol–water partition coefficient (Wildman–Crippen LogP) is 1.51. The Morgan fingerprint density at radius 3 is 2.06 bits per heavy atom. The summed E-state index contributed by atoms with van der Waals surface area (Å²) in [5, 5.41) is 11.8. The van der Waals surface area contributed by atoms with E-state index in [1.54, 1.807) is 0 Å². The van der Waals surface area contributed by atoms with Crippen molar-refractivity contribution in [2.75, 3.05) is 6.54 Å². The number of amides is 1. The fourth-order valence-electron chi connectivity index (χ4n) is 2.05. The minimum absolute atomic E-state index is 0.0212. The van der Waals surface area contributed by atoms with Crippen molar-refractivity contribution in [3.05, 3.63) is 0 Å². The lowest BCUT2D eigenvalue weighted by Gasteiger charge is -2.18. The van der Waals surface area contributed by atoms with Crippen LogP contribution in [0.3, 0.4) is 0 Å². The van der Waals surface area contributed by atoms with E-state index in [0.717, 1.165) is 0 Å². The number of carbonyl (C=O) groups excluding carboxylic acids is 1. The number of hydrogen-bond acceptors (Lipinski definition) is 2. The van der Waals surface area contributed by atoms with E-state index in [-0.39, 0.29) is 17.2 Å². The number of carboxylic acid groups (broad SMARTS) is 1. The summed E-state index contributed by atoms with van der Waals surface area (Å²) in [7, 11) is 0. The van der Waals surface area contributed by atoms with Gasteiger partial charge in [0.05, 0.1) is 11.8 Å². The highest BCUT2D eigenvalue weighted by Gasteiger charge is 2.65. The molecule has 0 aliphatic heterocycles. The van der Waals surface area contributed by atoms with E-state index in [0.29, 0.717) is 6.54 Å².